The van der Waals surface area contributed by atoms with Crippen molar-refractivity contribution >= 4 is 130 Å². The fourth-order valence-corrected chi connectivity index (χ4v) is 22.8. The first-order valence-electron chi connectivity index (χ1n) is 49.5. The molecule has 0 radical (unpaired) electrons. The van der Waals surface area contributed by atoms with Gasteiger partial charge in [-0.15, -0.1) is 35.8 Å². The van der Waals surface area contributed by atoms with Gasteiger partial charge in [0.15, 0.2) is 10.3 Å². The lowest BCUT2D eigenvalue weighted by Crippen LogP contribution is -2.58. The number of aromatic nitrogens is 4. The number of nitrogens with one attached hydrogen (secondary N) is 6. The van der Waals surface area contributed by atoms with E-state index >= 15 is 28.3 Å². The van der Waals surface area contributed by atoms with Crippen LogP contribution in [0.4, 0.5) is 39.0 Å². The van der Waals surface area contributed by atoms with Crippen LogP contribution >= 0.6 is 37.9 Å². The van der Waals surface area contributed by atoms with E-state index in [0.29, 0.717) is 116 Å². The molecular weight excluding hydrogens is 1980 g/mol. The van der Waals surface area contributed by atoms with Crippen LogP contribution in [0.3, 0.4) is 0 Å². The van der Waals surface area contributed by atoms with E-state index < -0.39 is 172 Å². The quantitative estimate of drug-likeness (QED) is 0.00516. The topological polar surface area (TPSA) is 501 Å². The van der Waals surface area contributed by atoms with Crippen molar-refractivity contribution in [3.05, 3.63) is 84.6 Å². The molecule has 42 nitrogen and oxygen atoms in total. The highest BCUT2D eigenvalue weighted by atomic mass is 32.1. The smallest absolute Gasteiger partial charge is 0.497 e. The van der Waals surface area contributed by atoms with Gasteiger partial charge in [0, 0.05) is 82.6 Å². The van der Waals surface area contributed by atoms with E-state index in [2.05, 4.69) is 45.1 Å². The molecule has 6 aromatic rings. The van der Waals surface area contributed by atoms with Gasteiger partial charge >= 0.3 is 52.0 Å². The SMILES string of the molecule is C=C[C@@H]1C[C@]1(NC(=O)[C@@H]1C[C@@H](Oc2cc(-c3csc(NC(C)C)n3)nc3cc(OC)ccc23)CN1C(=O)[C@@H](NC(=O)OC1CCCC1)C(C)(C)C)P(=O)(OCOC(=O)OCC(C)C)OCOC(=O)OCC(C)C.C=C[C@@H]1C[C@]1(NC(=O)[C@@H]1C[C@@H](Oc2cc(-c3csc(NC(C)C)n3)nc3cc(OC)ccc23)CN1C(=O)[C@@H](NC(=O)OC1CCCC1)C(C)(C)C)P(=O)(OCOC(=O)OCCCC)OCOC(=O)OCCCC. The highest BCUT2D eigenvalue weighted by molar-refractivity contribution is 7.56. The van der Waals surface area contributed by atoms with Gasteiger partial charge in [0.05, 0.1) is 76.2 Å². The van der Waals surface area contributed by atoms with Gasteiger partial charge in [0.1, 0.15) is 93.5 Å². The summed E-state index contributed by atoms with van der Waals surface area (Å²) in [5, 5.41) is 20.6. The molecule has 46 heteroatoms. The monoisotopic (exact) mass is 2120 g/mol. The zero-order valence-corrected chi connectivity index (χ0v) is 89.9. The van der Waals surface area contributed by atoms with Crippen LogP contribution in [0.2, 0.25) is 0 Å². The molecule has 2 aliphatic heterocycles. The van der Waals surface area contributed by atoms with Crippen molar-refractivity contribution in [2.45, 2.75) is 285 Å². The van der Waals surface area contributed by atoms with Crippen molar-refractivity contribution in [3.8, 4) is 45.8 Å². The Labute approximate surface area is 859 Å². The molecule has 6 fully saturated rings. The van der Waals surface area contributed by atoms with Crippen LogP contribution in [-0.2, 0) is 93.8 Å². The molecule has 6 N–H and O–H groups in total. The molecular formula is C100H142N12O30P2S2. The second-order valence-corrected chi connectivity index (χ2v) is 46.6. The van der Waals surface area contributed by atoms with E-state index in [1.807, 2.05) is 80.0 Å². The Morgan fingerprint density at radius 2 is 0.829 bits per heavy atom. The molecule has 4 saturated carbocycles. The lowest BCUT2D eigenvalue weighted by molar-refractivity contribution is -0.142. The number of unbranched alkanes of at least 4 members (excludes halogenated alkanes) is 2. The number of methoxy groups -OCH3 is 2. The maximum Gasteiger partial charge on any atom is 0.510 e. The highest BCUT2D eigenvalue weighted by Crippen LogP contribution is 2.74. The number of thiazole rings is 2. The van der Waals surface area contributed by atoms with E-state index in [4.69, 9.17) is 104 Å². The Morgan fingerprint density at radius 1 is 0.479 bits per heavy atom. The molecule has 10 atom stereocenters. The predicted octanol–water partition coefficient (Wildman–Crippen LogP) is 19.1. The van der Waals surface area contributed by atoms with E-state index in [0.717, 1.165) is 38.5 Å². The number of alkyl carbamates (subject to hydrolysis) is 2. The van der Waals surface area contributed by atoms with Crippen LogP contribution in [0.25, 0.3) is 44.6 Å². The second kappa shape index (κ2) is 52.0. The Bertz CT molecular complexity index is 5560. The third-order valence-corrected chi connectivity index (χ3v) is 31.3. The lowest BCUT2D eigenvalue weighted by Gasteiger charge is -2.36. The minimum Gasteiger partial charge on any atom is -0.497 e. The van der Waals surface area contributed by atoms with Crippen molar-refractivity contribution in [3.63, 3.8) is 0 Å². The summed E-state index contributed by atoms with van der Waals surface area (Å²) in [6, 6.07) is 9.45. The van der Waals surface area contributed by atoms with Crippen molar-refractivity contribution in [2.75, 3.05) is 91.5 Å². The minimum atomic E-state index is -4.74. The Balaban J connectivity index is 0.000000278. The third-order valence-electron chi connectivity index (χ3n) is 24.8. The first-order valence-corrected chi connectivity index (χ1v) is 54.4. The zero-order chi connectivity index (χ0) is 106. The number of fused-ring (bicyclic) bond motifs is 2. The number of amides is 6. The first-order chi connectivity index (χ1) is 69.4. The van der Waals surface area contributed by atoms with Gasteiger partial charge in [-0.1, -0.05) is 108 Å². The molecule has 6 aliphatic rings. The average molecular weight is 2120 g/mol. The lowest BCUT2D eigenvalue weighted by atomic mass is 9.85. The number of likely N-dealkylation sites (tertiary alicyclic amines) is 2. The van der Waals surface area contributed by atoms with Crippen LogP contribution in [0.15, 0.2) is 84.6 Å². The molecule has 0 spiro atoms. The largest absolute Gasteiger partial charge is 0.510 e. The Hall–Kier alpha value is -11.4. The molecule has 146 heavy (non-hydrogen) atoms. The van der Waals surface area contributed by atoms with Crippen LogP contribution in [0.5, 0.6) is 23.0 Å². The third kappa shape index (κ3) is 30.9. The molecule has 2 saturated heterocycles. The van der Waals surface area contributed by atoms with Gasteiger partial charge in [0.25, 0.3) is 0 Å². The number of anilines is 2. The van der Waals surface area contributed by atoms with E-state index in [9.17, 15) is 28.8 Å². The Kier molecular flexibility index (Phi) is 40.9. The fraction of sp³-hybridized carbons (Fsp3) is 0.620. The molecule has 804 valence electrons. The van der Waals surface area contributed by atoms with Crippen LogP contribution in [0, 0.1) is 34.5 Å². The number of carbonyl (C=O) groups is 10. The standard InChI is InChI=1S/2C50H71N6O15PS/c1-12-32-22-50(32,72(62,68-27-66-47(60)64-24-29(2)3)69-28-67-48(61)65-25-30(4)5)55-43(57)40-20-35(23-56(40)44(58)42(49(8,9)10)54-46(59)71-33-15-13-14-16-33)70-41-21-38(39-26-73-45(53-39)51-31(6)7)52-37-19-34(63-11)17-18-36(37)41;1-10-13-21-64-47(60)66-29-68-72(62,69-30-67-48(61)65-22-14-11-2)50(26-32(50)12-3)55-43(57)40-24-35(27-56(40)44(58)42(49(6,7)8)54-46(59)71-33-17-15-16-18-33)70-41-25-38(39-28-73-45(53-39)51-31(4)5)52-37-23-34(63-9)19-20-36(37)41/h12,17-19,21,26,29-33,35,40,42H,1,13-16,20,22-25,27-28H2,2-11H3,(H,51,53)(H,54,59)(H,55,57);12,19-20,23,25,28,31-33,35,40,42H,3,10-11,13-18,21-22,24,26-27,29-30H2,1-2,4-9H3,(H,51,53)(H,54,59)(H,55,57)/t2*32-,35-,40+,42-,50+/m11/s1. The van der Waals surface area contributed by atoms with Crippen LogP contribution < -0.4 is 50.8 Å². The summed E-state index contributed by atoms with van der Waals surface area (Å²) in [4.78, 5) is 159. The second-order valence-electron chi connectivity index (χ2n) is 40.2. The van der Waals surface area contributed by atoms with Gasteiger partial charge in [-0.2, -0.15) is 0 Å². The number of hydrogen-bond acceptors (Lipinski definition) is 38. The van der Waals surface area contributed by atoms with Gasteiger partial charge in [-0.05, 0) is 152 Å². The van der Waals surface area contributed by atoms with Crippen molar-refractivity contribution in [1.82, 2.24) is 51.0 Å². The van der Waals surface area contributed by atoms with Crippen LogP contribution in [0.1, 0.15) is 214 Å². The summed E-state index contributed by atoms with van der Waals surface area (Å²) >= 11 is 2.85. The van der Waals surface area contributed by atoms with Crippen molar-refractivity contribution < 1.29 is 141 Å². The van der Waals surface area contributed by atoms with Crippen LogP contribution in [-0.4, -0.2) is 242 Å². The van der Waals surface area contributed by atoms with Gasteiger partial charge in [-0.25, -0.2) is 48.7 Å². The molecule has 12 rings (SSSR count). The van der Waals surface area contributed by atoms with Gasteiger partial charge in [0.2, 0.25) is 50.8 Å². The number of carbonyl (C=O) groups excluding carboxylic acids is 10. The predicted molar refractivity (Wildman–Crippen MR) is 542 cm³/mol. The number of pyridine rings is 2. The molecule has 4 aliphatic carbocycles. The normalized spacial score (nSPS) is 20.3. The molecule has 4 aromatic heterocycles. The van der Waals surface area contributed by atoms with Crippen molar-refractivity contribution in [2.24, 2.45) is 34.5 Å². The van der Waals surface area contributed by atoms with Gasteiger partial charge in [-0.3, -0.25) is 46.4 Å². The Morgan fingerprint density at radius 3 is 1.14 bits per heavy atom. The molecule has 2 aromatic carbocycles. The summed E-state index contributed by atoms with van der Waals surface area (Å²) in [7, 11) is -6.36. The summed E-state index contributed by atoms with van der Waals surface area (Å²) in [6.07, 6.45) is 3.55. The zero-order valence-electron chi connectivity index (χ0n) is 86.5. The number of benzene rings is 2. The first kappa shape index (κ1) is 115. The molecule has 6 amide bonds. The number of hydrogen-bond donors (Lipinski definition) is 6. The van der Waals surface area contributed by atoms with E-state index in [-0.39, 0.29) is 101 Å². The highest BCUT2D eigenvalue weighted by Gasteiger charge is 2.71. The maximum absolute atomic E-state index is 15.1. The average Bonchev–Trinajstić information content (AvgIpc) is 1.55. The van der Waals surface area contributed by atoms with Gasteiger partial charge < -0.3 is 108 Å². The number of rotatable bonds is 48. The van der Waals surface area contributed by atoms with E-state index in [1.165, 1.54) is 44.6 Å². The number of ether oxygens (including phenoxy) is 14. The van der Waals surface area contributed by atoms with E-state index in [1.54, 1.807) is 104 Å². The molecule has 0 unspecified atom stereocenters. The van der Waals surface area contributed by atoms with Crippen molar-refractivity contribution in [1.29, 1.82) is 0 Å². The molecule has 6 heterocycles. The molecule has 0 bridgehead atoms. The fourth-order valence-electron chi connectivity index (χ4n) is 16.9. The summed E-state index contributed by atoms with van der Waals surface area (Å²) in [5.74, 6) is -2.45. The summed E-state index contributed by atoms with van der Waals surface area (Å²) in [6.45, 7) is 33.8. The number of nitrogens with zero attached hydrogens (tertiary/aromatic N) is 6. The summed E-state index contributed by atoms with van der Waals surface area (Å²) in [5.41, 5.74) is 1.46. The minimum absolute atomic E-state index is 0.0177. The maximum atomic E-state index is 15.1. The summed E-state index contributed by atoms with van der Waals surface area (Å²) < 4.78 is 130.